The zero-order valence-electron chi connectivity index (χ0n) is 11.9. The van der Waals surface area contributed by atoms with E-state index in [4.69, 9.17) is 11.6 Å². The molecule has 2 aromatic carbocycles. The molecule has 0 unspecified atom stereocenters. The van der Waals surface area contributed by atoms with Crippen LogP contribution in [0.2, 0.25) is 5.02 Å². The van der Waals surface area contributed by atoms with E-state index in [1.165, 1.54) is 10.4 Å². The van der Waals surface area contributed by atoms with Gasteiger partial charge in [-0.3, -0.25) is 9.10 Å². The van der Waals surface area contributed by atoms with Crippen LogP contribution in [0.15, 0.2) is 47.4 Å². The quantitative estimate of drug-likeness (QED) is 0.844. The Labute approximate surface area is 134 Å². The number of rotatable bonds is 2. The van der Waals surface area contributed by atoms with Crippen LogP contribution in [0, 0.1) is 6.92 Å². The first-order valence-corrected chi connectivity index (χ1v) is 8.64. The normalized spacial score (nSPS) is 14.8. The van der Waals surface area contributed by atoms with Gasteiger partial charge in [-0.1, -0.05) is 35.4 Å². The molecule has 22 heavy (non-hydrogen) atoms. The molecule has 114 valence electrons. The molecule has 3 rings (SSSR count). The fraction of sp³-hybridized carbons (Fsp3) is 0.188. The molecular weight excluding hydrogens is 322 g/mol. The number of benzene rings is 2. The molecule has 0 radical (unpaired) electrons. The molecule has 0 fully saturated rings. The van der Waals surface area contributed by atoms with Gasteiger partial charge in [-0.25, -0.2) is 8.42 Å². The van der Waals surface area contributed by atoms with Gasteiger partial charge in [-0.2, -0.15) is 0 Å². The van der Waals surface area contributed by atoms with Crippen molar-refractivity contribution in [1.29, 1.82) is 0 Å². The minimum absolute atomic E-state index is 0.0377. The summed E-state index contributed by atoms with van der Waals surface area (Å²) in [5, 5.41) is 0.174. The highest BCUT2D eigenvalue weighted by Crippen LogP contribution is 2.34. The standard InChI is InChI=1S/C16H14ClNO3S/c1-11-6-7-14-12(10-11)15(19)8-9-18(14)22(20,21)16-5-3-2-4-13(16)17/h2-7,10H,8-9H2,1H3. The molecule has 0 saturated carbocycles. The third-order valence-electron chi connectivity index (χ3n) is 3.67. The molecule has 0 spiro atoms. The van der Waals surface area contributed by atoms with Crippen LogP contribution < -0.4 is 4.31 Å². The fourth-order valence-electron chi connectivity index (χ4n) is 2.57. The van der Waals surface area contributed by atoms with Gasteiger partial charge in [-0.05, 0) is 31.2 Å². The van der Waals surface area contributed by atoms with Crippen molar-refractivity contribution in [3.8, 4) is 0 Å². The summed E-state index contributed by atoms with van der Waals surface area (Å²) in [7, 11) is -3.79. The highest BCUT2D eigenvalue weighted by Gasteiger charge is 2.33. The van der Waals surface area contributed by atoms with Crippen LogP contribution in [0.4, 0.5) is 5.69 Å². The summed E-state index contributed by atoms with van der Waals surface area (Å²) in [6, 6.07) is 11.5. The third kappa shape index (κ3) is 2.40. The number of Topliss-reactive ketones (excluding diaryl/α,β-unsaturated/α-hetero) is 1. The summed E-state index contributed by atoms with van der Waals surface area (Å²) >= 11 is 6.04. The summed E-state index contributed by atoms with van der Waals surface area (Å²) in [5.74, 6) is -0.0377. The predicted octanol–water partition coefficient (Wildman–Crippen LogP) is 3.43. The fourth-order valence-corrected chi connectivity index (χ4v) is 4.55. The van der Waals surface area contributed by atoms with Crippen LogP contribution in [0.3, 0.4) is 0 Å². The number of carbonyl (C=O) groups is 1. The Kier molecular flexibility index (Phi) is 3.70. The van der Waals surface area contributed by atoms with Crippen molar-refractivity contribution in [2.24, 2.45) is 0 Å². The molecule has 0 atom stereocenters. The second kappa shape index (κ2) is 5.41. The molecule has 0 saturated heterocycles. The van der Waals surface area contributed by atoms with E-state index in [0.29, 0.717) is 11.3 Å². The Morgan fingerprint density at radius 2 is 1.86 bits per heavy atom. The first kappa shape index (κ1) is 15.1. The maximum absolute atomic E-state index is 12.9. The Bertz CT molecular complexity index is 861. The Balaban J connectivity index is 2.16. The van der Waals surface area contributed by atoms with Crippen molar-refractivity contribution in [2.75, 3.05) is 10.8 Å². The molecule has 0 bridgehead atoms. The maximum Gasteiger partial charge on any atom is 0.265 e. The van der Waals surface area contributed by atoms with Gasteiger partial charge < -0.3 is 0 Å². The molecule has 6 heteroatoms. The number of carbonyl (C=O) groups excluding carboxylic acids is 1. The first-order chi connectivity index (χ1) is 10.4. The van der Waals surface area contributed by atoms with Crippen molar-refractivity contribution in [2.45, 2.75) is 18.2 Å². The van der Waals surface area contributed by atoms with Gasteiger partial charge in [0, 0.05) is 18.5 Å². The lowest BCUT2D eigenvalue weighted by atomic mass is 10.0. The van der Waals surface area contributed by atoms with E-state index >= 15 is 0 Å². The van der Waals surface area contributed by atoms with Crippen LogP contribution >= 0.6 is 11.6 Å². The van der Waals surface area contributed by atoms with Gasteiger partial charge in [0.05, 0.1) is 10.7 Å². The Morgan fingerprint density at radius 1 is 1.14 bits per heavy atom. The number of halogens is 1. The van der Waals surface area contributed by atoms with Gasteiger partial charge in [0.1, 0.15) is 4.90 Å². The van der Waals surface area contributed by atoms with Crippen molar-refractivity contribution < 1.29 is 13.2 Å². The highest BCUT2D eigenvalue weighted by atomic mass is 35.5. The second-order valence-corrected chi connectivity index (χ2v) is 7.44. The molecule has 0 aliphatic carbocycles. The van der Waals surface area contributed by atoms with E-state index in [-0.39, 0.29) is 28.7 Å². The minimum atomic E-state index is -3.79. The van der Waals surface area contributed by atoms with E-state index in [1.807, 2.05) is 6.92 Å². The number of anilines is 1. The lowest BCUT2D eigenvalue weighted by Crippen LogP contribution is -2.37. The average Bonchev–Trinajstić information content (AvgIpc) is 2.48. The van der Waals surface area contributed by atoms with Crippen molar-refractivity contribution in [3.05, 3.63) is 58.6 Å². The molecule has 0 aromatic heterocycles. The minimum Gasteiger partial charge on any atom is -0.294 e. The maximum atomic E-state index is 12.9. The molecule has 4 nitrogen and oxygen atoms in total. The molecule has 0 N–H and O–H groups in total. The number of ketones is 1. The number of sulfonamides is 1. The zero-order valence-corrected chi connectivity index (χ0v) is 13.5. The molecule has 1 aliphatic heterocycles. The number of hydrogen-bond acceptors (Lipinski definition) is 3. The van der Waals surface area contributed by atoms with Gasteiger partial charge in [0.25, 0.3) is 10.0 Å². The molecular formula is C16H14ClNO3S. The van der Waals surface area contributed by atoms with Crippen molar-refractivity contribution in [1.82, 2.24) is 0 Å². The van der Waals surface area contributed by atoms with Gasteiger partial charge >= 0.3 is 0 Å². The summed E-state index contributed by atoms with van der Waals surface area (Å²) in [6.45, 7) is 2.00. The third-order valence-corrected chi connectivity index (χ3v) is 5.98. The van der Waals surface area contributed by atoms with E-state index in [1.54, 1.807) is 36.4 Å². The van der Waals surface area contributed by atoms with E-state index in [0.717, 1.165) is 5.56 Å². The van der Waals surface area contributed by atoms with Gasteiger partial charge in [-0.15, -0.1) is 0 Å². The topological polar surface area (TPSA) is 54.5 Å². The molecule has 1 heterocycles. The Morgan fingerprint density at radius 3 is 2.59 bits per heavy atom. The van der Waals surface area contributed by atoms with E-state index < -0.39 is 10.0 Å². The van der Waals surface area contributed by atoms with E-state index in [2.05, 4.69) is 0 Å². The molecule has 0 amide bonds. The van der Waals surface area contributed by atoms with Crippen molar-refractivity contribution in [3.63, 3.8) is 0 Å². The predicted molar refractivity (Wildman–Crippen MR) is 86.1 cm³/mol. The zero-order chi connectivity index (χ0) is 15.9. The number of fused-ring (bicyclic) bond motifs is 1. The molecule has 1 aliphatic rings. The summed E-state index contributed by atoms with van der Waals surface area (Å²) in [4.78, 5) is 12.1. The largest absolute Gasteiger partial charge is 0.294 e. The number of hydrogen-bond donors (Lipinski definition) is 0. The van der Waals surface area contributed by atoms with Crippen LogP contribution in [0.25, 0.3) is 0 Å². The second-order valence-electron chi connectivity index (χ2n) is 5.20. The SMILES string of the molecule is Cc1ccc2c(c1)C(=O)CCN2S(=O)(=O)c1ccccc1Cl. The average molecular weight is 336 g/mol. The highest BCUT2D eigenvalue weighted by molar-refractivity contribution is 7.93. The van der Waals surface area contributed by atoms with E-state index in [9.17, 15) is 13.2 Å². The van der Waals surface area contributed by atoms with Crippen LogP contribution in [-0.4, -0.2) is 20.7 Å². The van der Waals surface area contributed by atoms with Crippen LogP contribution in [-0.2, 0) is 10.0 Å². The first-order valence-electron chi connectivity index (χ1n) is 6.82. The number of aryl methyl sites for hydroxylation is 1. The monoisotopic (exact) mass is 335 g/mol. The summed E-state index contributed by atoms with van der Waals surface area (Å²) < 4.78 is 27.1. The van der Waals surface area contributed by atoms with Crippen molar-refractivity contribution >= 4 is 33.1 Å². The van der Waals surface area contributed by atoms with Crippen LogP contribution in [0.1, 0.15) is 22.3 Å². The lowest BCUT2D eigenvalue weighted by molar-refractivity contribution is 0.0982. The van der Waals surface area contributed by atoms with Gasteiger partial charge in [0.15, 0.2) is 5.78 Å². The Hall–Kier alpha value is -1.85. The van der Waals surface area contributed by atoms with Crippen LogP contribution in [0.5, 0.6) is 0 Å². The molecule has 2 aromatic rings. The smallest absolute Gasteiger partial charge is 0.265 e. The summed E-state index contributed by atoms with van der Waals surface area (Å²) in [6.07, 6.45) is 0.167. The lowest BCUT2D eigenvalue weighted by Gasteiger charge is -2.30. The summed E-state index contributed by atoms with van der Waals surface area (Å²) in [5.41, 5.74) is 1.78. The number of nitrogens with zero attached hydrogens (tertiary/aromatic N) is 1. The van der Waals surface area contributed by atoms with Gasteiger partial charge in [0.2, 0.25) is 0 Å².